The number of nitrogens with zero attached hydrogens (tertiary/aromatic N) is 3. The maximum Gasteiger partial charge on any atom is 0.338 e. The molecule has 0 spiro atoms. The van der Waals surface area contributed by atoms with Crippen molar-refractivity contribution in [1.82, 2.24) is 9.78 Å². The van der Waals surface area contributed by atoms with E-state index in [0.717, 1.165) is 16.6 Å². The Morgan fingerprint density at radius 1 is 1.24 bits per heavy atom. The molecule has 0 radical (unpaired) electrons. The molecule has 9 nitrogen and oxygen atoms in total. The van der Waals surface area contributed by atoms with Gasteiger partial charge in [0, 0.05) is 23.9 Å². The number of benzene rings is 2. The lowest BCUT2D eigenvalue weighted by Gasteiger charge is -2.11. The van der Waals surface area contributed by atoms with Crippen LogP contribution in [0.15, 0.2) is 59.3 Å². The Kier molecular flexibility index (Phi) is 6.03. The molecular weight excluding hydrogens is 444 g/mol. The van der Waals surface area contributed by atoms with Crippen molar-refractivity contribution in [2.45, 2.75) is 6.92 Å². The number of hydrogen-bond donors (Lipinski definition) is 1. The highest BCUT2D eigenvalue weighted by atomic mass is 79.9. The van der Waals surface area contributed by atoms with E-state index in [-0.39, 0.29) is 23.4 Å². The van der Waals surface area contributed by atoms with Crippen LogP contribution in [0.3, 0.4) is 0 Å². The second-order valence-corrected chi connectivity index (χ2v) is 6.74. The molecule has 148 valence electrons. The molecule has 29 heavy (non-hydrogen) atoms. The second-order valence-electron chi connectivity index (χ2n) is 5.82. The highest BCUT2D eigenvalue weighted by Crippen LogP contribution is 2.23. The fourth-order valence-electron chi connectivity index (χ4n) is 2.59. The zero-order chi connectivity index (χ0) is 21.0. The molecule has 2 aromatic carbocycles. The van der Waals surface area contributed by atoms with Crippen LogP contribution in [0.4, 0.5) is 11.4 Å². The molecular formula is C19H15BrN4O5. The first-order valence-corrected chi connectivity index (χ1v) is 9.26. The first-order valence-electron chi connectivity index (χ1n) is 8.46. The number of hydrogen-bond acceptors (Lipinski definition) is 6. The lowest BCUT2D eigenvalue weighted by Crippen LogP contribution is -2.15. The summed E-state index contributed by atoms with van der Waals surface area (Å²) in [6, 6.07) is 10.4. The Bertz CT molecular complexity index is 1100. The number of non-ortho nitro benzene ring substituents is 1. The van der Waals surface area contributed by atoms with Gasteiger partial charge in [-0.05, 0) is 41.1 Å². The summed E-state index contributed by atoms with van der Waals surface area (Å²) < 4.78 is 7.21. The first kappa shape index (κ1) is 20.2. The Morgan fingerprint density at radius 3 is 2.62 bits per heavy atom. The van der Waals surface area contributed by atoms with Crippen molar-refractivity contribution in [3.63, 3.8) is 0 Å². The normalized spacial score (nSPS) is 10.4. The summed E-state index contributed by atoms with van der Waals surface area (Å²) in [4.78, 5) is 35.3. The van der Waals surface area contributed by atoms with Crippen molar-refractivity contribution >= 4 is 39.2 Å². The Labute approximate surface area is 173 Å². The summed E-state index contributed by atoms with van der Waals surface area (Å²) in [6.45, 7) is 1.73. The van der Waals surface area contributed by atoms with Crippen LogP contribution in [-0.4, -0.2) is 33.2 Å². The smallest absolute Gasteiger partial charge is 0.338 e. The van der Waals surface area contributed by atoms with Crippen LogP contribution in [0.1, 0.15) is 27.6 Å². The molecule has 1 N–H and O–H groups in total. The molecule has 0 aliphatic rings. The van der Waals surface area contributed by atoms with Crippen LogP contribution >= 0.6 is 15.9 Å². The predicted molar refractivity (Wildman–Crippen MR) is 108 cm³/mol. The van der Waals surface area contributed by atoms with Gasteiger partial charge in [-0.2, -0.15) is 5.10 Å². The molecule has 0 bridgehead atoms. The van der Waals surface area contributed by atoms with Crippen LogP contribution in [0.25, 0.3) is 5.69 Å². The maximum absolute atomic E-state index is 12.8. The Balaban J connectivity index is 1.96. The third-order valence-electron chi connectivity index (χ3n) is 3.85. The van der Waals surface area contributed by atoms with Crippen molar-refractivity contribution < 1.29 is 19.2 Å². The number of nitro groups is 1. The van der Waals surface area contributed by atoms with E-state index in [9.17, 15) is 19.7 Å². The van der Waals surface area contributed by atoms with Crippen LogP contribution in [0, 0.1) is 10.1 Å². The van der Waals surface area contributed by atoms with Gasteiger partial charge in [-0.3, -0.25) is 14.9 Å². The molecule has 1 heterocycles. The van der Waals surface area contributed by atoms with E-state index in [1.807, 2.05) is 0 Å². The van der Waals surface area contributed by atoms with Crippen LogP contribution < -0.4 is 5.32 Å². The number of nitro benzene ring substituents is 1. The number of carbonyl (C=O) groups excluding carboxylic acids is 2. The monoisotopic (exact) mass is 458 g/mol. The molecule has 3 rings (SSSR count). The zero-order valence-corrected chi connectivity index (χ0v) is 16.8. The Morgan fingerprint density at radius 2 is 1.97 bits per heavy atom. The van der Waals surface area contributed by atoms with Crippen molar-refractivity contribution in [2.24, 2.45) is 0 Å². The number of para-hydroxylation sites is 2. The van der Waals surface area contributed by atoms with Gasteiger partial charge in [0.15, 0.2) is 0 Å². The molecule has 1 amide bonds. The molecule has 0 unspecified atom stereocenters. The number of halogens is 1. The third kappa shape index (κ3) is 4.66. The lowest BCUT2D eigenvalue weighted by atomic mass is 10.1. The average Bonchev–Trinajstić information content (AvgIpc) is 3.14. The van der Waals surface area contributed by atoms with Gasteiger partial charge in [0.05, 0.1) is 39.1 Å². The van der Waals surface area contributed by atoms with Gasteiger partial charge in [0.25, 0.3) is 11.6 Å². The van der Waals surface area contributed by atoms with Gasteiger partial charge < -0.3 is 10.1 Å². The van der Waals surface area contributed by atoms with Crippen LogP contribution in [-0.2, 0) is 4.74 Å². The molecule has 0 aliphatic heterocycles. The van der Waals surface area contributed by atoms with E-state index in [0.29, 0.717) is 11.4 Å². The maximum atomic E-state index is 12.8. The number of nitrogens with one attached hydrogen (secondary N) is 1. The van der Waals surface area contributed by atoms with Crippen molar-refractivity contribution in [2.75, 3.05) is 11.9 Å². The fourth-order valence-corrected chi connectivity index (χ4v) is 2.87. The minimum absolute atomic E-state index is 0.0429. The number of amides is 1. The van der Waals surface area contributed by atoms with E-state index >= 15 is 0 Å². The highest BCUT2D eigenvalue weighted by molar-refractivity contribution is 9.10. The van der Waals surface area contributed by atoms with E-state index in [1.165, 1.54) is 6.07 Å². The standard InChI is InChI=1S/C19H15BrN4O5/c1-2-29-19(26)13-7-12(8-15(9-13)24(27)28)18(25)22-16-5-3-4-6-17(16)23-11-14(20)10-21-23/h3-11H,2H2,1H3,(H,22,25). The number of rotatable bonds is 6. The van der Waals surface area contributed by atoms with E-state index < -0.39 is 16.8 Å². The number of ether oxygens (including phenoxy) is 1. The number of carbonyl (C=O) groups is 2. The van der Waals surface area contributed by atoms with E-state index in [2.05, 4.69) is 26.3 Å². The highest BCUT2D eigenvalue weighted by Gasteiger charge is 2.19. The number of aromatic nitrogens is 2. The van der Waals surface area contributed by atoms with Crippen LogP contribution in [0.5, 0.6) is 0 Å². The summed E-state index contributed by atoms with van der Waals surface area (Å²) in [5, 5.41) is 18.1. The quantitative estimate of drug-likeness (QED) is 0.339. The van der Waals surface area contributed by atoms with Gasteiger partial charge in [0.1, 0.15) is 0 Å². The van der Waals surface area contributed by atoms with Gasteiger partial charge in [-0.1, -0.05) is 12.1 Å². The number of anilines is 1. The molecule has 3 aromatic rings. The third-order valence-corrected chi connectivity index (χ3v) is 4.26. The van der Waals surface area contributed by atoms with Crippen LogP contribution in [0.2, 0.25) is 0 Å². The molecule has 0 atom stereocenters. The molecule has 0 saturated heterocycles. The second kappa shape index (κ2) is 8.65. The van der Waals surface area contributed by atoms with Gasteiger partial charge in [0.2, 0.25) is 0 Å². The number of esters is 1. The molecule has 10 heteroatoms. The largest absolute Gasteiger partial charge is 0.462 e. The van der Waals surface area contributed by atoms with Gasteiger partial charge in [-0.15, -0.1) is 0 Å². The Hall–Kier alpha value is -3.53. The summed E-state index contributed by atoms with van der Waals surface area (Å²) >= 11 is 3.32. The molecule has 0 fully saturated rings. The van der Waals surface area contributed by atoms with Crippen molar-refractivity contribution in [3.8, 4) is 5.69 Å². The molecule has 0 saturated carbocycles. The molecule has 0 aliphatic carbocycles. The topological polar surface area (TPSA) is 116 Å². The van der Waals surface area contributed by atoms with Crippen molar-refractivity contribution in [1.29, 1.82) is 0 Å². The summed E-state index contributed by atoms with van der Waals surface area (Å²) in [7, 11) is 0. The van der Waals surface area contributed by atoms with Gasteiger partial charge in [-0.25, -0.2) is 9.48 Å². The minimum Gasteiger partial charge on any atom is -0.462 e. The van der Waals surface area contributed by atoms with Gasteiger partial charge >= 0.3 is 5.97 Å². The minimum atomic E-state index is -0.743. The SMILES string of the molecule is CCOC(=O)c1cc(C(=O)Nc2ccccc2-n2cc(Br)cn2)cc([N+](=O)[O-])c1. The lowest BCUT2D eigenvalue weighted by molar-refractivity contribution is -0.384. The first-order chi connectivity index (χ1) is 13.9. The zero-order valence-electron chi connectivity index (χ0n) is 15.2. The van der Waals surface area contributed by atoms with Crippen molar-refractivity contribution in [3.05, 3.63) is 80.6 Å². The summed E-state index contributed by atoms with van der Waals surface area (Å²) in [5.74, 6) is -1.36. The average molecular weight is 459 g/mol. The summed E-state index contributed by atoms with van der Waals surface area (Å²) in [6.07, 6.45) is 3.32. The van der Waals surface area contributed by atoms with E-state index in [4.69, 9.17) is 4.74 Å². The fraction of sp³-hybridized carbons (Fsp3) is 0.105. The van der Waals surface area contributed by atoms with E-state index in [1.54, 1.807) is 48.3 Å². The predicted octanol–water partition coefficient (Wildman–Crippen LogP) is 3.97. The summed E-state index contributed by atoms with van der Waals surface area (Å²) in [5.41, 5.74) is 0.541. The molecule has 1 aromatic heterocycles.